The van der Waals surface area contributed by atoms with Gasteiger partial charge < -0.3 is 10.3 Å². The molecule has 6 nitrogen and oxygen atoms in total. The number of hydrogen-bond acceptors (Lipinski definition) is 5. The summed E-state index contributed by atoms with van der Waals surface area (Å²) in [4.78, 5) is 20.6. The molecule has 7 heteroatoms. The summed E-state index contributed by atoms with van der Waals surface area (Å²) in [6.07, 6.45) is 5.97. The molecule has 2 N–H and O–H groups in total. The molecular formula is C18H15ClN6. The van der Waals surface area contributed by atoms with Gasteiger partial charge in [0.2, 0.25) is 5.95 Å². The highest BCUT2D eigenvalue weighted by molar-refractivity contribution is 6.31. The summed E-state index contributed by atoms with van der Waals surface area (Å²) >= 11 is 6.00. The largest absolute Gasteiger partial charge is 0.354 e. The Kier molecular flexibility index (Phi) is 4.26. The van der Waals surface area contributed by atoms with E-state index < -0.39 is 0 Å². The number of rotatable bonds is 5. The summed E-state index contributed by atoms with van der Waals surface area (Å²) in [5, 5.41) is 3.93. The minimum absolute atomic E-state index is 0.591. The van der Waals surface area contributed by atoms with Crippen LogP contribution in [0.4, 0.5) is 5.95 Å². The second-order valence-corrected chi connectivity index (χ2v) is 5.96. The maximum atomic E-state index is 6.00. The number of benzene rings is 1. The van der Waals surface area contributed by atoms with Crippen molar-refractivity contribution in [2.24, 2.45) is 0 Å². The normalized spacial score (nSPS) is 10.9. The summed E-state index contributed by atoms with van der Waals surface area (Å²) in [5.74, 6) is 1.49. The lowest BCUT2D eigenvalue weighted by Crippen LogP contribution is -2.09. The zero-order valence-corrected chi connectivity index (χ0v) is 14.0. The molecule has 0 aliphatic heterocycles. The summed E-state index contributed by atoms with van der Waals surface area (Å²) in [6, 6.07) is 11.3. The number of H-pyrrole nitrogens is 1. The van der Waals surface area contributed by atoms with Gasteiger partial charge in [0, 0.05) is 42.1 Å². The van der Waals surface area contributed by atoms with Crippen LogP contribution in [0.15, 0.2) is 55.0 Å². The molecule has 0 aliphatic carbocycles. The molecule has 0 saturated carbocycles. The molecule has 0 bridgehead atoms. The molecule has 3 heterocycles. The van der Waals surface area contributed by atoms with Gasteiger partial charge in [-0.25, -0.2) is 15.0 Å². The number of aromatic nitrogens is 5. The molecular weight excluding hydrogens is 336 g/mol. The van der Waals surface area contributed by atoms with Gasteiger partial charge in [-0.05, 0) is 36.4 Å². The number of fused-ring (bicyclic) bond motifs is 1. The molecule has 0 saturated heterocycles. The number of pyridine rings is 1. The third kappa shape index (κ3) is 3.59. The Morgan fingerprint density at radius 1 is 1.00 bits per heavy atom. The zero-order chi connectivity index (χ0) is 17.1. The maximum absolute atomic E-state index is 6.00. The van der Waals surface area contributed by atoms with Crippen molar-refractivity contribution in [3.63, 3.8) is 0 Å². The van der Waals surface area contributed by atoms with Crippen LogP contribution in [0.5, 0.6) is 0 Å². The van der Waals surface area contributed by atoms with E-state index in [9.17, 15) is 0 Å². The van der Waals surface area contributed by atoms with E-state index >= 15 is 0 Å². The quantitative estimate of drug-likeness (QED) is 0.573. The second-order valence-electron chi connectivity index (χ2n) is 5.52. The van der Waals surface area contributed by atoms with Crippen molar-refractivity contribution in [2.45, 2.75) is 6.42 Å². The van der Waals surface area contributed by atoms with Gasteiger partial charge >= 0.3 is 0 Å². The van der Waals surface area contributed by atoms with E-state index in [2.05, 4.69) is 30.2 Å². The molecule has 0 aliphatic rings. The van der Waals surface area contributed by atoms with Crippen molar-refractivity contribution in [3.05, 3.63) is 65.8 Å². The molecule has 0 fully saturated rings. The van der Waals surface area contributed by atoms with Crippen molar-refractivity contribution in [3.8, 4) is 11.3 Å². The molecule has 4 rings (SSSR count). The van der Waals surface area contributed by atoms with E-state index in [0.717, 1.165) is 34.5 Å². The van der Waals surface area contributed by atoms with Crippen LogP contribution in [0.3, 0.4) is 0 Å². The first-order valence-electron chi connectivity index (χ1n) is 7.89. The first-order chi connectivity index (χ1) is 12.3. The minimum Gasteiger partial charge on any atom is -0.354 e. The Bertz CT molecular complexity index is 999. The van der Waals surface area contributed by atoms with Crippen LogP contribution in [0.2, 0.25) is 5.02 Å². The van der Waals surface area contributed by atoms with Crippen LogP contribution in [0, 0.1) is 0 Å². The highest BCUT2D eigenvalue weighted by atomic mass is 35.5. The van der Waals surface area contributed by atoms with Gasteiger partial charge in [0.05, 0.1) is 16.7 Å². The number of aromatic amines is 1. The number of hydrogen-bond donors (Lipinski definition) is 2. The lowest BCUT2D eigenvalue weighted by molar-refractivity contribution is 0.919. The Hall–Kier alpha value is -2.99. The van der Waals surface area contributed by atoms with Gasteiger partial charge in [0.1, 0.15) is 5.82 Å². The first kappa shape index (κ1) is 15.5. The third-order valence-corrected chi connectivity index (χ3v) is 4.00. The van der Waals surface area contributed by atoms with Crippen LogP contribution in [-0.2, 0) is 6.42 Å². The van der Waals surface area contributed by atoms with Crippen LogP contribution >= 0.6 is 11.6 Å². The summed E-state index contributed by atoms with van der Waals surface area (Å²) < 4.78 is 0. The monoisotopic (exact) mass is 350 g/mol. The number of nitrogens with zero attached hydrogens (tertiary/aromatic N) is 4. The number of anilines is 1. The summed E-state index contributed by atoms with van der Waals surface area (Å²) in [6.45, 7) is 0.674. The van der Waals surface area contributed by atoms with Gasteiger partial charge in [-0.3, -0.25) is 4.98 Å². The van der Waals surface area contributed by atoms with Crippen molar-refractivity contribution in [1.82, 2.24) is 24.9 Å². The number of nitrogens with one attached hydrogen (secondary N) is 2. The number of halogens is 1. The first-order valence-corrected chi connectivity index (χ1v) is 8.27. The Morgan fingerprint density at radius 2 is 1.88 bits per heavy atom. The average Bonchev–Trinajstić information content (AvgIpc) is 3.04. The highest BCUT2D eigenvalue weighted by Gasteiger charge is 2.05. The molecule has 4 aromatic rings. The smallest absolute Gasteiger partial charge is 0.223 e. The third-order valence-electron chi connectivity index (χ3n) is 3.77. The van der Waals surface area contributed by atoms with E-state index in [1.807, 2.05) is 36.4 Å². The van der Waals surface area contributed by atoms with Crippen molar-refractivity contribution in [2.75, 3.05) is 11.9 Å². The molecule has 0 atom stereocenters. The van der Waals surface area contributed by atoms with E-state index in [1.54, 1.807) is 18.6 Å². The lowest BCUT2D eigenvalue weighted by atomic mass is 10.2. The van der Waals surface area contributed by atoms with Crippen LogP contribution in [0.1, 0.15) is 5.82 Å². The predicted molar refractivity (Wildman–Crippen MR) is 98.6 cm³/mol. The molecule has 0 radical (unpaired) electrons. The second kappa shape index (κ2) is 6.86. The van der Waals surface area contributed by atoms with E-state index in [0.29, 0.717) is 17.5 Å². The van der Waals surface area contributed by atoms with Crippen molar-refractivity contribution >= 4 is 28.6 Å². The maximum Gasteiger partial charge on any atom is 0.223 e. The van der Waals surface area contributed by atoms with Gasteiger partial charge in [-0.2, -0.15) is 0 Å². The molecule has 0 spiro atoms. The SMILES string of the molecule is Clc1ccc2nc(CCNc3nccc(-c4ccncc4)n3)[nH]c2c1. The molecule has 3 aromatic heterocycles. The molecule has 25 heavy (non-hydrogen) atoms. The van der Waals surface area contributed by atoms with Crippen molar-refractivity contribution < 1.29 is 0 Å². The van der Waals surface area contributed by atoms with Crippen LogP contribution < -0.4 is 5.32 Å². The minimum atomic E-state index is 0.591. The van der Waals surface area contributed by atoms with E-state index in [1.165, 1.54) is 0 Å². The standard InChI is InChI=1S/C18H15ClN6/c19-13-1-2-15-16(11-13)24-17(23-15)6-10-22-18-21-9-5-14(25-18)12-3-7-20-8-4-12/h1-5,7-9,11H,6,10H2,(H,23,24)(H,21,22,25). The fourth-order valence-corrected chi connectivity index (χ4v) is 2.75. The van der Waals surface area contributed by atoms with Gasteiger partial charge in [-0.15, -0.1) is 0 Å². The van der Waals surface area contributed by atoms with E-state index in [4.69, 9.17) is 11.6 Å². The lowest BCUT2D eigenvalue weighted by Gasteiger charge is -2.05. The van der Waals surface area contributed by atoms with Gasteiger partial charge in [0.25, 0.3) is 0 Å². The average molecular weight is 351 g/mol. The van der Waals surface area contributed by atoms with Crippen LogP contribution in [-0.4, -0.2) is 31.5 Å². The molecule has 0 amide bonds. The van der Waals surface area contributed by atoms with Gasteiger partial charge in [-0.1, -0.05) is 11.6 Å². The fourth-order valence-electron chi connectivity index (χ4n) is 2.57. The van der Waals surface area contributed by atoms with E-state index in [-0.39, 0.29) is 0 Å². The Balaban J connectivity index is 1.42. The summed E-state index contributed by atoms with van der Waals surface area (Å²) in [5.41, 5.74) is 3.72. The Morgan fingerprint density at radius 3 is 2.76 bits per heavy atom. The molecule has 0 unspecified atom stereocenters. The van der Waals surface area contributed by atoms with Crippen molar-refractivity contribution in [1.29, 1.82) is 0 Å². The van der Waals surface area contributed by atoms with Crippen LogP contribution in [0.25, 0.3) is 22.3 Å². The zero-order valence-electron chi connectivity index (χ0n) is 13.3. The predicted octanol–water partition coefficient (Wildman–Crippen LogP) is 3.72. The number of imidazole rings is 1. The Labute approximate surface area is 149 Å². The fraction of sp³-hybridized carbons (Fsp3) is 0.111. The highest BCUT2D eigenvalue weighted by Crippen LogP contribution is 2.18. The van der Waals surface area contributed by atoms with Gasteiger partial charge in [0.15, 0.2) is 0 Å². The topological polar surface area (TPSA) is 79.4 Å². The summed E-state index contributed by atoms with van der Waals surface area (Å²) in [7, 11) is 0. The molecule has 1 aromatic carbocycles. The molecule has 124 valence electrons.